The molecule has 1 aromatic heterocycles. The zero-order valence-electron chi connectivity index (χ0n) is 10.9. The highest BCUT2D eigenvalue weighted by Crippen LogP contribution is 2.15. The summed E-state index contributed by atoms with van der Waals surface area (Å²) in [6.07, 6.45) is 1.73. The van der Waals surface area contributed by atoms with E-state index in [-0.39, 0.29) is 5.91 Å². The average Bonchev–Trinajstić information content (AvgIpc) is 2.36. The number of carbonyl (C=O) groups excluding carboxylic acids is 1. The van der Waals surface area contributed by atoms with Crippen LogP contribution in [0.5, 0.6) is 0 Å². The second-order valence-corrected chi connectivity index (χ2v) is 5.38. The zero-order valence-corrected chi connectivity index (χ0v) is 12.5. The number of benzene rings is 1. The number of aryl methyl sites for hydroxylation is 2. The molecule has 3 nitrogen and oxygen atoms in total. The van der Waals surface area contributed by atoms with Crippen molar-refractivity contribution in [1.29, 1.82) is 0 Å². The summed E-state index contributed by atoms with van der Waals surface area (Å²) in [6.45, 7) is 4.39. The van der Waals surface area contributed by atoms with Gasteiger partial charge in [-0.15, -0.1) is 0 Å². The van der Waals surface area contributed by atoms with E-state index < -0.39 is 0 Å². The predicted molar refractivity (Wildman–Crippen MR) is 79.0 cm³/mol. The summed E-state index contributed by atoms with van der Waals surface area (Å²) in [4.78, 5) is 16.3. The maximum Gasteiger partial charge on any atom is 0.251 e. The van der Waals surface area contributed by atoms with Crippen LogP contribution in [0, 0.1) is 13.8 Å². The minimum atomic E-state index is -0.0885. The van der Waals surface area contributed by atoms with Gasteiger partial charge in [0.25, 0.3) is 5.91 Å². The minimum Gasteiger partial charge on any atom is -0.346 e. The summed E-state index contributed by atoms with van der Waals surface area (Å²) in [6, 6.07) is 9.52. The molecule has 0 unspecified atom stereocenters. The molecule has 0 saturated heterocycles. The van der Waals surface area contributed by atoms with Crippen molar-refractivity contribution in [2.24, 2.45) is 0 Å². The Morgan fingerprint density at radius 2 is 2.11 bits per heavy atom. The molecule has 1 N–H and O–H groups in total. The zero-order chi connectivity index (χ0) is 13.8. The van der Waals surface area contributed by atoms with Crippen molar-refractivity contribution in [1.82, 2.24) is 10.3 Å². The lowest BCUT2D eigenvalue weighted by atomic mass is 10.1. The third-order valence-electron chi connectivity index (χ3n) is 2.84. The Labute approximate surface area is 121 Å². The number of amides is 1. The van der Waals surface area contributed by atoms with Crippen LogP contribution in [0.1, 0.15) is 27.2 Å². The van der Waals surface area contributed by atoms with Gasteiger partial charge < -0.3 is 5.32 Å². The Bertz CT molecular complexity index is 591. The van der Waals surface area contributed by atoms with Crippen molar-refractivity contribution in [3.63, 3.8) is 0 Å². The summed E-state index contributed by atoms with van der Waals surface area (Å²) in [5, 5.41) is 2.89. The first-order valence-electron chi connectivity index (χ1n) is 6.02. The number of aromatic nitrogens is 1. The molecule has 4 heteroatoms. The number of carbonyl (C=O) groups is 1. The molecule has 0 aliphatic rings. The fourth-order valence-corrected chi connectivity index (χ4v) is 2.44. The lowest BCUT2D eigenvalue weighted by Crippen LogP contribution is -2.23. The first-order chi connectivity index (χ1) is 9.06. The number of nitrogens with one attached hydrogen (secondary N) is 1. The normalized spacial score (nSPS) is 10.3. The molecule has 19 heavy (non-hydrogen) atoms. The molecule has 0 aliphatic carbocycles. The number of hydrogen-bond acceptors (Lipinski definition) is 2. The van der Waals surface area contributed by atoms with Crippen LogP contribution in [0.4, 0.5) is 0 Å². The standard InChI is InChI=1S/C15H15BrN2O/c1-10-6-12(8-13(16)7-10)15(19)18-9-14-11(2)4-3-5-17-14/h3-8H,9H2,1-2H3,(H,18,19). The number of nitrogens with zero attached hydrogens (tertiary/aromatic N) is 1. The third kappa shape index (κ3) is 3.64. The Morgan fingerprint density at radius 1 is 1.32 bits per heavy atom. The Hall–Kier alpha value is -1.68. The molecule has 1 heterocycles. The fourth-order valence-electron chi connectivity index (χ4n) is 1.84. The van der Waals surface area contributed by atoms with Gasteiger partial charge >= 0.3 is 0 Å². The summed E-state index contributed by atoms with van der Waals surface area (Å²) < 4.78 is 0.909. The lowest BCUT2D eigenvalue weighted by Gasteiger charge is -2.08. The maximum atomic E-state index is 12.1. The van der Waals surface area contributed by atoms with Crippen LogP contribution >= 0.6 is 15.9 Å². The van der Waals surface area contributed by atoms with Gasteiger partial charge in [0.1, 0.15) is 0 Å². The van der Waals surface area contributed by atoms with E-state index in [2.05, 4.69) is 26.2 Å². The Kier molecular flexibility index (Phi) is 4.32. The van der Waals surface area contributed by atoms with Crippen LogP contribution in [0.2, 0.25) is 0 Å². The molecule has 2 aromatic rings. The van der Waals surface area contributed by atoms with E-state index in [1.54, 1.807) is 6.20 Å². The SMILES string of the molecule is Cc1cc(Br)cc(C(=O)NCc2ncccc2C)c1. The summed E-state index contributed by atoms with van der Waals surface area (Å²) in [5.74, 6) is -0.0885. The van der Waals surface area contributed by atoms with Crippen LogP contribution < -0.4 is 5.32 Å². The molecule has 98 valence electrons. The molecule has 0 spiro atoms. The van der Waals surface area contributed by atoms with Crippen LogP contribution in [-0.4, -0.2) is 10.9 Å². The van der Waals surface area contributed by atoms with Crippen molar-refractivity contribution in [2.45, 2.75) is 20.4 Å². The summed E-state index contributed by atoms with van der Waals surface area (Å²) in [5.41, 5.74) is 3.67. The second kappa shape index (κ2) is 5.97. The molecular formula is C15H15BrN2O. The highest BCUT2D eigenvalue weighted by Gasteiger charge is 2.08. The molecule has 2 rings (SSSR count). The summed E-state index contributed by atoms with van der Waals surface area (Å²) >= 11 is 3.40. The molecule has 0 fully saturated rings. The van der Waals surface area contributed by atoms with Gasteiger partial charge in [-0.25, -0.2) is 0 Å². The molecule has 0 atom stereocenters. The van der Waals surface area contributed by atoms with Gasteiger partial charge in [0.2, 0.25) is 0 Å². The van der Waals surface area contributed by atoms with E-state index in [1.807, 2.05) is 44.2 Å². The molecule has 0 bridgehead atoms. The third-order valence-corrected chi connectivity index (χ3v) is 3.30. The Morgan fingerprint density at radius 3 is 2.79 bits per heavy atom. The van der Waals surface area contributed by atoms with Gasteiger partial charge in [-0.3, -0.25) is 9.78 Å². The first kappa shape index (κ1) is 13.7. The minimum absolute atomic E-state index is 0.0885. The number of pyridine rings is 1. The van der Waals surface area contributed by atoms with E-state index >= 15 is 0 Å². The van der Waals surface area contributed by atoms with Crippen LogP contribution in [0.25, 0.3) is 0 Å². The van der Waals surface area contributed by atoms with E-state index in [0.29, 0.717) is 12.1 Å². The largest absolute Gasteiger partial charge is 0.346 e. The van der Waals surface area contributed by atoms with E-state index in [9.17, 15) is 4.79 Å². The predicted octanol–water partition coefficient (Wildman–Crippen LogP) is 3.39. The van der Waals surface area contributed by atoms with E-state index in [4.69, 9.17) is 0 Å². The van der Waals surface area contributed by atoms with Gasteiger partial charge in [0, 0.05) is 16.2 Å². The topological polar surface area (TPSA) is 42.0 Å². The summed E-state index contributed by atoms with van der Waals surface area (Å²) in [7, 11) is 0. The van der Waals surface area contributed by atoms with Gasteiger partial charge in [0.05, 0.1) is 12.2 Å². The monoisotopic (exact) mass is 318 g/mol. The first-order valence-corrected chi connectivity index (χ1v) is 6.81. The van der Waals surface area contributed by atoms with Crippen LogP contribution in [0.15, 0.2) is 41.0 Å². The average molecular weight is 319 g/mol. The number of rotatable bonds is 3. The van der Waals surface area contributed by atoms with Crippen molar-refractivity contribution in [2.75, 3.05) is 0 Å². The highest BCUT2D eigenvalue weighted by atomic mass is 79.9. The molecule has 1 amide bonds. The van der Waals surface area contributed by atoms with Crippen LogP contribution in [0.3, 0.4) is 0 Å². The fraction of sp³-hybridized carbons (Fsp3) is 0.200. The number of halogens is 1. The quantitative estimate of drug-likeness (QED) is 0.942. The van der Waals surface area contributed by atoms with Crippen molar-refractivity contribution in [3.05, 3.63) is 63.4 Å². The smallest absolute Gasteiger partial charge is 0.251 e. The molecular weight excluding hydrogens is 304 g/mol. The van der Waals surface area contributed by atoms with E-state index in [0.717, 1.165) is 21.3 Å². The van der Waals surface area contributed by atoms with Gasteiger partial charge in [0.15, 0.2) is 0 Å². The number of hydrogen-bond donors (Lipinski definition) is 1. The maximum absolute atomic E-state index is 12.1. The van der Waals surface area contributed by atoms with Gasteiger partial charge in [-0.05, 0) is 49.2 Å². The molecule has 0 saturated carbocycles. The molecule has 1 aromatic carbocycles. The van der Waals surface area contributed by atoms with Crippen molar-refractivity contribution in [3.8, 4) is 0 Å². The van der Waals surface area contributed by atoms with Crippen molar-refractivity contribution >= 4 is 21.8 Å². The lowest BCUT2D eigenvalue weighted by molar-refractivity contribution is 0.0950. The molecule has 0 aliphatic heterocycles. The highest BCUT2D eigenvalue weighted by molar-refractivity contribution is 9.10. The van der Waals surface area contributed by atoms with Gasteiger partial charge in [-0.2, -0.15) is 0 Å². The second-order valence-electron chi connectivity index (χ2n) is 4.47. The Balaban J connectivity index is 2.08. The van der Waals surface area contributed by atoms with Gasteiger partial charge in [-0.1, -0.05) is 22.0 Å². The van der Waals surface area contributed by atoms with E-state index in [1.165, 1.54) is 0 Å². The van der Waals surface area contributed by atoms with Crippen LogP contribution in [-0.2, 0) is 6.54 Å². The van der Waals surface area contributed by atoms with Crippen molar-refractivity contribution < 1.29 is 4.79 Å². The molecule has 0 radical (unpaired) electrons.